The molecule has 1 aromatic heterocycles. The summed E-state index contributed by atoms with van der Waals surface area (Å²) >= 11 is 0. The van der Waals surface area contributed by atoms with Crippen molar-refractivity contribution in [3.63, 3.8) is 0 Å². The molecule has 2 heterocycles. The second kappa shape index (κ2) is 6.60. The van der Waals surface area contributed by atoms with Gasteiger partial charge in [0.15, 0.2) is 9.84 Å². The summed E-state index contributed by atoms with van der Waals surface area (Å²) in [6.07, 6.45) is 3.45. The second-order valence-corrected chi connectivity index (χ2v) is 7.97. The van der Waals surface area contributed by atoms with Crippen LogP contribution in [0, 0.1) is 0 Å². The van der Waals surface area contributed by atoms with Crippen molar-refractivity contribution in [2.75, 3.05) is 23.4 Å². The van der Waals surface area contributed by atoms with Crippen LogP contribution in [0.2, 0.25) is 0 Å². The van der Waals surface area contributed by atoms with Crippen LogP contribution in [0.3, 0.4) is 0 Å². The molecular formula is C14H22N4O3S. The minimum Gasteiger partial charge on any atom is -0.352 e. The summed E-state index contributed by atoms with van der Waals surface area (Å²) in [5, 5.41) is 3.05. The molecule has 0 aliphatic carbocycles. The minimum absolute atomic E-state index is 0.0421. The van der Waals surface area contributed by atoms with Gasteiger partial charge in [0.1, 0.15) is 0 Å². The molecule has 8 heteroatoms. The van der Waals surface area contributed by atoms with E-state index >= 15 is 0 Å². The van der Waals surface area contributed by atoms with Crippen molar-refractivity contribution in [3.8, 4) is 0 Å². The second-order valence-electron chi connectivity index (χ2n) is 5.74. The van der Waals surface area contributed by atoms with Gasteiger partial charge < -0.3 is 10.2 Å². The molecule has 1 amide bonds. The van der Waals surface area contributed by atoms with Crippen molar-refractivity contribution < 1.29 is 13.2 Å². The van der Waals surface area contributed by atoms with E-state index in [0.29, 0.717) is 24.5 Å². The molecule has 1 fully saturated rings. The lowest BCUT2D eigenvalue weighted by atomic mass is 10.2. The van der Waals surface area contributed by atoms with E-state index in [1.54, 1.807) is 4.90 Å². The highest BCUT2D eigenvalue weighted by Gasteiger charge is 2.34. The summed E-state index contributed by atoms with van der Waals surface area (Å²) in [5.41, 5.74) is 0.375. The van der Waals surface area contributed by atoms with Gasteiger partial charge in [0.05, 0.1) is 17.1 Å². The van der Waals surface area contributed by atoms with Crippen LogP contribution in [-0.4, -0.2) is 59.3 Å². The van der Waals surface area contributed by atoms with Crippen molar-refractivity contribution in [2.45, 2.75) is 39.3 Å². The molecule has 1 aromatic rings. The molecule has 122 valence electrons. The highest BCUT2D eigenvalue weighted by Crippen LogP contribution is 2.19. The average Bonchev–Trinajstić information content (AvgIpc) is 2.80. The summed E-state index contributed by atoms with van der Waals surface area (Å²) in [6.45, 7) is 6.26. The molecule has 1 aliphatic heterocycles. The Hall–Kier alpha value is -1.70. The lowest BCUT2D eigenvalue weighted by molar-refractivity contribution is 0.0707. The maximum Gasteiger partial charge on any atom is 0.257 e. The van der Waals surface area contributed by atoms with E-state index in [4.69, 9.17) is 0 Å². The van der Waals surface area contributed by atoms with Gasteiger partial charge in [0, 0.05) is 31.0 Å². The van der Waals surface area contributed by atoms with Gasteiger partial charge in [-0.05, 0) is 27.2 Å². The van der Waals surface area contributed by atoms with Crippen LogP contribution >= 0.6 is 0 Å². The van der Waals surface area contributed by atoms with Gasteiger partial charge in [0.25, 0.3) is 5.91 Å². The summed E-state index contributed by atoms with van der Waals surface area (Å²) in [4.78, 5) is 22.4. The summed E-state index contributed by atoms with van der Waals surface area (Å²) in [5.74, 6) is 0.439. The zero-order valence-corrected chi connectivity index (χ0v) is 13.9. The monoisotopic (exact) mass is 326 g/mol. The van der Waals surface area contributed by atoms with Crippen molar-refractivity contribution in [3.05, 3.63) is 18.0 Å². The standard InChI is InChI=1S/C14H22N4O3S/c1-4-18(12-5-6-22(20,21)9-12)13(19)11-7-15-14(16-8-11)17-10(2)3/h7-8,10,12H,4-6,9H2,1-3H3,(H,15,16,17). The first kappa shape index (κ1) is 16.7. The molecule has 1 unspecified atom stereocenters. The number of carbonyl (C=O) groups excluding carboxylic acids is 1. The number of aromatic nitrogens is 2. The van der Waals surface area contributed by atoms with Crippen LogP contribution in [-0.2, 0) is 9.84 Å². The molecule has 0 spiro atoms. The normalized spacial score (nSPS) is 20.1. The zero-order chi connectivity index (χ0) is 16.3. The number of nitrogens with one attached hydrogen (secondary N) is 1. The van der Waals surface area contributed by atoms with E-state index in [1.807, 2.05) is 20.8 Å². The molecule has 0 saturated carbocycles. The van der Waals surface area contributed by atoms with Gasteiger partial charge in [-0.2, -0.15) is 0 Å². The van der Waals surface area contributed by atoms with E-state index in [0.717, 1.165) is 0 Å². The number of anilines is 1. The molecule has 1 aliphatic rings. The molecule has 1 saturated heterocycles. The Morgan fingerprint density at radius 1 is 1.41 bits per heavy atom. The van der Waals surface area contributed by atoms with Gasteiger partial charge in [-0.3, -0.25) is 4.79 Å². The molecule has 0 radical (unpaired) electrons. The number of rotatable bonds is 5. The first-order valence-electron chi connectivity index (χ1n) is 7.42. The molecule has 0 aromatic carbocycles. The Morgan fingerprint density at radius 2 is 2.05 bits per heavy atom. The average molecular weight is 326 g/mol. The van der Waals surface area contributed by atoms with Crippen molar-refractivity contribution in [2.24, 2.45) is 0 Å². The van der Waals surface area contributed by atoms with Gasteiger partial charge >= 0.3 is 0 Å². The Morgan fingerprint density at radius 3 is 2.50 bits per heavy atom. The van der Waals surface area contributed by atoms with Crippen LogP contribution in [0.4, 0.5) is 5.95 Å². The van der Waals surface area contributed by atoms with Crippen molar-refractivity contribution in [1.29, 1.82) is 0 Å². The van der Waals surface area contributed by atoms with Gasteiger partial charge in [0.2, 0.25) is 5.95 Å². The molecule has 1 N–H and O–H groups in total. The molecule has 22 heavy (non-hydrogen) atoms. The lowest BCUT2D eigenvalue weighted by Crippen LogP contribution is -2.41. The number of amides is 1. The maximum absolute atomic E-state index is 12.5. The maximum atomic E-state index is 12.5. The fourth-order valence-electron chi connectivity index (χ4n) is 2.53. The number of nitrogens with zero attached hydrogens (tertiary/aromatic N) is 3. The van der Waals surface area contributed by atoms with Crippen LogP contribution < -0.4 is 5.32 Å². The predicted octanol–water partition coefficient (Wildman–Crippen LogP) is 0.946. The topological polar surface area (TPSA) is 92.3 Å². The fourth-order valence-corrected chi connectivity index (χ4v) is 4.26. The van der Waals surface area contributed by atoms with Gasteiger partial charge in [-0.25, -0.2) is 18.4 Å². The number of hydrogen-bond donors (Lipinski definition) is 1. The largest absolute Gasteiger partial charge is 0.352 e. The Labute approximate surface area is 131 Å². The molecule has 1 atom stereocenters. The van der Waals surface area contributed by atoms with Crippen LogP contribution in [0.1, 0.15) is 37.6 Å². The quantitative estimate of drug-likeness (QED) is 0.866. The first-order valence-corrected chi connectivity index (χ1v) is 9.24. The Bertz CT molecular complexity index is 628. The highest BCUT2D eigenvalue weighted by atomic mass is 32.2. The van der Waals surface area contributed by atoms with E-state index in [1.165, 1.54) is 12.4 Å². The van der Waals surface area contributed by atoms with E-state index in [-0.39, 0.29) is 29.5 Å². The van der Waals surface area contributed by atoms with Crippen LogP contribution in [0.5, 0.6) is 0 Å². The molecule has 2 rings (SSSR count). The predicted molar refractivity (Wildman–Crippen MR) is 84.6 cm³/mol. The third-order valence-corrected chi connectivity index (χ3v) is 5.32. The lowest BCUT2D eigenvalue weighted by Gasteiger charge is -2.26. The van der Waals surface area contributed by atoms with E-state index < -0.39 is 9.84 Å². The molecule has 0 bridgehead atoms. The van der Waals surface area contributed by atoms with E-state index in [9.17, 15) is 13.2 Å². The van der Waals surface area contributed by atoms with Crippen molar-refractivity contribution >= 4 is 21.7 Å². The number of sulfone groups is 1. The fraction of sp³-hybridized carbons (Fsp3) is 0.643. The number of carbonyl (C=O) groups is 1. The zero-order valence-electron chi connectivity index (χ0n) is 13.1. The summed E-state index contributed by atoms with van der Waals surface area (Å²) < 4.78 is 23.2. The Balaban J connectivity index is 2.11. The third-order valence-electron chi connectivity index (χ3n) is 3.57. The third kappa shape index (κ3) is 3.94. The minimum atomic E-state index is -3.02. The SMILES string of the molecule is CCN(C(=O)c1cnc(NC(C)C)nc1)C1CCS(=O)(=O)C1. The van der Waals surface area contributed by atoms with Gasteiger partial charge in [-0.1, -0.05) is 0 Å². The van der Waals surface area contributed by atoms with Gasteiger partial charge in [-0.15, -0.1) is 0 Å². The summed E-state index contributed by atoms with van der Waals surface area (Å²) in [6, 6.07) is -0.0478. The van der Waals surface area contributed by atoms with E-state index in [2.05, 4.69) is 15.3 Å². The van der Waals surface area contributed by atoms with Crippen LogP contribution in [0.15, 0.2) is 12.4 Å². The Kier molecular flexibility index (Phi) is 5.00. The smallest absolute Gasteiger partial charge is 0.257 e. The van der Waals surface area contributed by atoms with Crippen LogP contribution in [0.25, 0.3) is 0 Å². The molecule has 7 nitrogen and oxygen atoms in total. The first-order chi connectivity index (χ1) is 10.3. The highest BCUT2D eigenvalue weighted by molar-refractivity contribution is 7.91. The van der Waals surface area contributed by atoms with Crippen molar-refractivity contribution in [1.82, 2.24) is 14.9 Å². The summed E-state index contributed by atoms with van der Waals surface area (Å²) in [7, 11) is -3.02. The molecular weight excluding hydrogens is 304 g/mol. The number of hydrogen-bond acceptors (Lipinski definition) is 6.